The van der Waals surface area contributed by atoms with Crippen molar-refractivity contribution < 1.29 is 0 Å². The van der Waals surface area contributed by atoms with Crippen molar-refractivity contribution in [2.24, 2.45) is 5.41 Å². The minimum absolute atomic E-state index is 0.121. The highest BCUT2D eigenvalue weighted by Crippen LogP contribution is 2.67. The standard InChI is InChI=1S/C17H15N/c1-16(13-18)12-17(16,14-8-4-2-5-9-14)15-10-6-3-7-11-15/h2-11H,12H2,1H3/t16-/m0/s1. The minimum Gasteiger partial charge on any atom is -0.198 e. The molecular weight excluding hydrogens is 218 g/mol. The van der Waals surface area contributed by atoms with Crippen LogP contribution in [0, 0.1) is 16.7 Å². The first kappa shape index (κ1) is 11.0. The van der Waals surface area contributed by atoms with Crippen molar-refractivity contribution in [2.75, 3.05) is 0 Å². The maximum absolute atomic E-state index is 9.47. The lowest BCUT2D eigenvalue weighted by Crippen LogP contribution is -2.17. The summed E-state index contributed by atoms with van der Waals surface area (Å²) < 4.78 is 0. The average Bonchev–Trinajstić information content (AvgIpc) is 3.09. The van der Waals surface area contributed by atoms with E-state index in [9.17, 15) is 5.26 Å². The molecule has 88 valence electrons. The molecule has 0 N–H and O–H groups in total. The molecule has 0 aliphatic heterocycles. The van der Waals surface area contributed by atoms with Crippen LogP contribution >= 0.6 is 0 Å². The predicted octanol–water partition coefficient (Wildman–Crippen LogP) is 3.91. The summed E-state index contributed by atoms with van der Waals surface area (Å²) in [6.07, 6.45) is 0.907. The van der Waals surface area contributed by atoms with Crippen molar-refractivity contribution in [1.29, 1.82) is 5.26 Å². The fourth-order valence-corrected chi connectivity index (χ4v) is 3.07. The van der Waals surface area contributed by atoms with E-state index < -0.39 is 0 Å². The molecule has 0 saturated heterocycles. The van der Waals surface area contributed by atoms with Crippen LogP contribution in [0.1, 0.15) is 24.5 Å². The molecule has 0 bridgehead atoms. The number of rotatable bonds is 2. The second kappa shape index (κ2) is 3.71. The van der Waals surface area contributed by atoms with Crippen LogP contribution in [0.15, 0.2) is 60.7 Å². The summed E-state index contributed by atoms with van der Waals surface area (Å²) in [5.41, 5.74) is 2.10. The Kier molecular flexibility index (Phi) is 2.28. The summed E-state index contributed by atoms with van der Waals surface area (Å²) in [7, 11) is 0. The Bertz CT molecular complexity index is 555. The Morgan fingerprint density at radius 3 is 1.67 bits per heavy atom. The molecule has 2 aromatic rings. The summed E-state index contributed by atoms with van der Waals surface area (Å²) in [5.74, 6) is 0. The summed E-state index contributed by atoms with van der Waals surface area (Å²) in [5, 5.41) is 9.47. The Morgan fingerprint density at radius 2 is 1.33 bits per heavy atom. The van der Waals surface area contributed by atoms with Crippen molar-refractivity contribution in [3.8, 4) is 6.07 Å². The molecule has 1 atom stereocenters. The van der Waals surface area contributed by atoms with E-state index in [-0.39, 0.29) is 10.8 Å². The lowest BCUT2D eigenvalue weighted by atomic mass is 9.81. The van der Waals surface area contributed by atoms with Gasteiger partial charge in [-0.3, -0.25) is 0 Å². The van der Waals surface area contributed by atoms with Crippen molar-refractivity contribution in [3.63, 3.8) is 0 Å². The second-order valence-corrected chi connectivity index (χ2v) is 5.26. The van der Waals surface area contributed by atoms with Gasteiger partial charge >= 0.3 is 0 Å². The molecule has 0 spiro atoms. The van der Waals surface area contributed by atoms with Crippen LogP contribution in [0.5, 0.6) is 0 Å². The van der Waals surface area contributed by atoms with Crippen molar-refractivity contribution >= 4 is 0 Å². The van der Waals surface area contributed by atoms with Crippen LogP contribution in [0.2, 0.25) is 0 Å². The molecule has 3 rings (SSSR count). The van der Waals surface area contributed by atoms with Gasteiger partial charge in [-0.15, -0.1) is 0 Å². The van der Waals surface area contributed by atoms with E-state index in [0.29, 0.717) is 0 Å². The highest BCUT2D eigenvalue weighted by Gasteiger charge is 2.66. The molecule has 0 unspecified atom stereocenters. The smallest absolute Gasteiger partial charge is 0.0700 e. The molecule has 1 fully saturated rings. The molecule has 1 aliphatic rings. The molecular formula is C17H15N. The molecule has 1 saturated carbocycles. The molecule has 0 heterocycles. The molecule has 1 nitrogen and oxygen atoms in total. The lowest BCUT2D eigenvalue weighted by Gasteiger charge is -2.20. The first-order valence-corrected chi connectivity index (χ1v) is 6.25. The van der Waals surface area contributed by atoms with E-state index >= 15 is 0 Å². The zero-order valence-electron chi connectivity index (χ0n) is 10.4. The molecule has 0 radical (unpaired) electrons. The van der Waals surface area contributed by atoms with Gasteiger partial charge in [0.15, 0.2) is 0 Å². The van der Waals surface area contributed by atoms with E-state index in [1.54, 1.807) is 0 Å². The molecule has 0 aromatic heterocycles. The summed E-state index contributed by atoms with van der Waals surface area (Å²) in [6, 6.07) is 23.3. The van der Waals surface area contributed by atoms with E-state index in [1.807, 2.05) is 12.1 Å². The van der Waals surface area contributed by atoms with Gasteiger partial charge in [0.2, 0.25) is 0 Å². The maximum Gasteiger partial charge on any atom is 0.0700 e. The number of hydrogen-bond acceptors (Lipinski definition) is 1. The third kappa shape index (κ3) is 1.32. The summed E-state index contributed by atoms with van der Waals surface area (Å²) in [4.78, 5) is 0. The van der Waals surface area contributed by atoms with Gasteiger partial charge in [0.1, 0.15) is 0 Å². The molecule has 2 aromatic carbocycles. The number of nitriles is 1. The maximum atomic E-state index is 9.47. The van der Waals surface area contributed by atoms with E-state index in [0.717, 1.165) is 6.42 Å². The van der Waals surface area contributed by atoms with Gasteiger partial charge < -0.3 is 0 Å². The second-order valence-electron chi connectivity index (χ2n) is 5.26. The molecule has 1 heteroatoms. The average molecular weight is 233 g/mol. The third-order valence-corrected chi connectivity index (χ3v) is 4.22. The van der Waals surface area contributed by atoms with E-state index in [2.05, 4.69) is 61.5 Å². The zero-order valence-corrected chi connectivity index (χ0v) is 10.4. The lowest BCUT2D eigenvalue weighted by molar-refractivity contribution is 0.633. The summed E-state index contributed by atoms with van der Waals surface area (Å²) >= 11 is 0. The summed E-state index contributed by atoms with van der Waals surface area (Å²) in [6.45, 7) is 2.06. The predicted molar refractivity (Wildman–Crippen MR) is 72.0 cm³/mol. The highest BCUT2D eigenvalue weighted by molar-refractivity contribution is 5.53. The fourth-order valence-electron chi connectivity index (χ4n) is 3.07. The Morgan fingerprint density at radius 1 is 0.889 bits per heavy atom. The quantitative estimate of drug-likeness (QED) is 0.771. The van der Waals surface area contributed by atoms with Crippen molar-refractivity contribution in [3.05, 3.63) is 71.8 Å². The van der Waals surface area contributed by atoms with Gasteiger partial charge in [-0.25, -0.2) is 0 Å². The Balaban J connectivity index is 2.18. The number of nitrogens with zero attached hydrogens (tertiary/aromatic N) is 1. The Hall–Kier alpha value is -2.07. The van der Waals surface area contributed by atoms with Gasteiger partial charge in [0, 0.05) is 5.41 Å². The third-order valence-electron chi connectivity index (χ3n) is 4.22. The Labute approximate surface area is 108 Å². The van der Waals surface area contributed by atoms with Gasteiger partial charge in [0.05, 0.1) is 11.5 Å². The molecule has 0 amide bonds. The van der Waals surface area contributed by atoms with Gasteiger partial charge in [-0.05, 0) is 24.5 Å². The van der Waals surface area contributed by atoms with Gasteiger partial charge in [-0.2, -0.15) is 5.26 Å². The van der Waals surface area contributed by atoms with E-state index in [1.165, 1.54) is 11.1 Å². The van der Waals surface area contributed by atoms with Gasteiger partial charge in [-0.1, -0.05) is 60.7 Å². The molecule has 1 aliphatic carbocycles. The van der Waals surface area contributed by atoms with Crippen LogP contribution in [0.25, 0.3) is 0 Å². The number of benzene rings is 2. The topological polar surface area (TPSA) is 23.8 Å². The van der Waals surface area contributed by atoms with Crippen LogP contribution in [0.3, 0.4) is 0 Å². The zero-order chi connectivity index (χ0) is 12.6. The van der Waals surface area contributed by atoms with Crippen molar-refractivity contribution in [2.45, 2.75) is 18.8 Å². The van der Waals surface area contributed by atoms with Crippen LogP contribution in [-0.4, -0.2) is 0 Å². The van der Waals surface area contributed by atoms with Gasteiger partial charge in [0.25, 0.3) is 0 Å². The minimum atomic E-state index is -0.282. The highest BCUT2D eigenvalue weighted by atomic mass is 14.7. The van der Waals surface area contributed by atoms with Crippen LogP contribution < -0.4 is 0 Å². The van der Waals surface area contributed by atoms with E-state index in [4.69, 9.17) is 0 Å². The SMILES string of the molecule is C[C@@]1(C#N)CC1(c1ccccc1)c1ccccc1. The fraction of sp³-hybridized carbons (Fsp3) is 0.235. The monoisotopic (exact) mass is 233 g/mol. The molecule has 18 heavy (non-hydrogen) atoms. The van der Waals surface area contributed by atoms with Crippen LogP contribution in [-0.2, 0) is 5.41 Å². The van der Waals surface area contributed by atoms with Crippen LogP contribution in [0.4, 0.5) is 0 Å². The first-order valence-electron chi connectivity index (χ1n) is 6.25. The first-order chi connectivity index (χ1) is 8.73. The van der Waals surface area contributed by atoms with Crippen molar-refractivity contribution in [1.82, 2.24) is 0 Å². The normalized spacial score (nSPS) is 24.2. The number of hydrogen-bond donors (Lipinski definition) is 0. The largest absolute Gasteiger partial charge is 0.198 e.